The van der Waals surface area contributed by atoms with Crippen LogP contribution >= 0.6 is 38.5 Å². The van der Waals surface area contributed by atoms with Crippen LogP contribution in [0.3, 0.4) is 0 Å². The Balaban J connectivity index is 2.20. The number of ether oxygens (including phenoxy) is 1. The van der Waals surface area contributed by atoms with Gasteiger partial charge in [-0.3, -0.25) is 0 Å². The van der Waals surface area contributed by atoms with Crippen LogP contribution in [-0.2, 0) is 6.42 Å². The third kappa shape index (κ3) is 3.94. The molecule has 0 fully saturated rings. The second-order valence-corrected chi connectivity index (χ2v) is 6.43. The standard InChI is InChI=1S/C15H15BrINO/c1-19-12-4-2-3-10(7-12)8-15(18)13-9-11(17)5-6-14(13)16/h2-7,9,15H,8,18H2,1H3. The van der Waals surface area contributed by atoms with Crippen molar-refractivity contribution in [2.45, 2.75) is 12.5 Å². The fraction of sp³-hybridized carbons (Fsp3) is 0.200. The Morgan fingerprint density at radius 3 is 2.79 bits per heavy atom. The summed E-state index contributed by atoms with van der Waals surface area (Å²) in [5.41, 5.74) is 8.63. The Kier molecular flexibility index (Phi) is 5.24. The molecular formula is C15H15BrINO. The number of halogens is 2. The van der Waals surface area contributed by atoms with E-state index in [-0.39, 0.29) is 6.04 Å². The van der Waals surface area contributed by atoms with Crippen molar-refractivity contribution in [3.8, 4) is 5.75 Å². The third-order valence-electron chi connectivity index (χ3n) is 2.95. The van der Waals surface area contributed by atoms with Crippen molar-refractivity contribution < 1.29 is 4.74 Å². The van der Waals surface area contributed by atoms with Crippen molar-refractivity contribution in [2.75, 3.05) is 7.11 Å². The molecule has 0 aliphatic carbocycles. The lowest BCUT2D eigenvalue weighted by molar-refractivity contribution is 0.414. The zero-order chi connectivity index (χ0) is 13.8. The van der Waals surface area contributed by atoms with Crippen LogP contribution in [0.25, 0.3) is 0 Å². The highest BCUT2D eigenvalue weighted by Crippen LogP contribution is 2.27. The first-order valence-electron chi connectivity index (χ1n) is 5.93. The first-order chi connectivity index (χ1) is 9.10. The van der Waals surface area contributed by atoms with Crippen LogP contribution in [0.4, 0.5) is 0 Å². The van der Waals surface area contributed by atoms with Crippen molar-refractivity contribution in [2.24, 2.45) is 5.73 Å². The lowest BCUT2D eigenvalue weighted by atomic mass is 10.00. The van der Waals surface area contributed by atoms with Crippen molar-refractivity contribution in [1.29, 1.82) is 0 Å². The van der Waals surface area contributed by atoms with Gasteiger partial charge in [-0.15, -0.1) is 0 Å². The normalized spacial score (nSPS) is 12.2. The fourth-order valence-electron chi connectivity index (χ4n) is 1.96. The number of hydrogen-bond acceptors (Lipinski definition) is 2. The molecule has 2 nitrogen and oxygen atoms in total. The molecule has 100 valence electrons. The average Bonchev–Trinajstić information content (AvgIpc) is 2.41. The molecule has 2 aromatic carbocycles. The van der Waals surface area contributed by atoms with E-state index in [9.17, 15) is 0 Å². The number of methoxy groups -OCH3 is 1. The topological polar surface area (TPSA) is 35.2 Å². The summed E-state index contributed by atoms with van der Waals surface area (Å²) in [5.74, 6) is 0.867. The molecular weight excluding hydrogens is 417 g/mol. The van der Waals surface area contributed by atoms with Crippen LogP contribution in [0.1, 0.15) is 17.2 Å². The van der Waals surface area contributed by atoms with Gasteiger partial charge in [0.25, 0.3) is 0 Å². The van der Waals surface area contributed by atoms with E-state index in [1.165, 1.54) is 9.13 Å². The van der Waals surface area contributed by atoms with Crippen LogP contribution in [0.2, 0.25) is 0 Å². The van der Waals surface area contributed by atoms with E-state index in [1.54, 1.807) is 7.11 Å². The van der Waals surface area contributed by atoms with Gasteiger partial charge in [0.2, 0.25) is 0 Å². The first-order valence-corrected chi connectivity index (χ1v) is 7.81. The van der Waals surface area contributed by atoms with Gasteiger partial charge in [-0.2, -0.15) is 0 Å². The van der Waals surface area contributed by atoms with Gasteiger partial charge < -0.3 is 10.5 Å². The van der Waals surface area contributed by atoms with E-state index in [2.05, 4.69) is 56.7 Å². The number of nitrogens with two attached hydrogens (primary N) is 1. The number of hydrogen-bond donors (Lipinski definition) is 1. The minimum Gasteiger partial charge on any atom is -0.497 e. The highest BCUT2D eigenvalue weighted by atomic mass is 127. The third-order valence-corrected chi connectivity index (χ3v) is 4.34. The minimum atomic E-state index is -0.0313. The molecule has 1 atom stereocenters. The molecule has 2 rings (SSSR count). The summed E-state index contributed by atoms with van der Waals surface area (Å²) in [6.45, 7) is 0. The van der Waals surface area contributed by atoms with Gasteiger partial charge in [-0.05, 0) is 70.5 Å². The molecule has 0 bridgehead atoms. The monoisotopic (exact) mass is 431 g/mol. The Labute approximate surface area is 135 Å². The van der Waals surface area contributed by atoms with Crippen LogP contribution in [0, 0.1) is 3.57 Å². The predicted molar refractivity (Wildman–Crippen MR) is 90.5 cm³/mol. The quantitative estimate of drug-likeness (QED) is 0.732. The summed E-state index contributed by atoms with van der Waals surface area (Å²) in [5, 5.41) is 0. The molecule has 0 aromatic heterocycles. The lowest BCUT2D eigenvalue weighted by Crippen LogP contribution is -2.14. The average molecular weight is 432 g/mol. The van der Waals surface area contributed by atoms with E-state index in [0.29, 0.717) is 0 Å². The van der Waals surface area contributed by atoms with E-state index in [0.717, 1.165) is 22.2 Å². The van der Waals surface area contributed by atoms with E-state index in [1.807, 2.05) is 24.3 Å². The molecule has 0 heterocycles. The van der Waals surface area contributed by atoms with Crippen LogP contribution in [0.5, 0.6) is 5.75 Å². The molecule has 19 heavy (non-hydrogen) atoms. The first kappa shape index (κ1) is 14.8. The van der Waals surface area contributed by atoms with Gasteiger partial charge >= 0.3 is 0 Å². The molecule has 0 aliphatic heterocycles. The summed E-state index contributed by atoms with van der Waals surface area (Å²) in [6.07, 6.45) is 0.788. The molecule has 2 N–H and O–H groups in total. The largest absolute Gasteiger partial charge is 0.497 e. The maximum atomic E-state index is 6.31. The molecule has 0 saturated carbocycles. The highest BCUT2D eigenvalue weighted by Gasteiger charge is 2.11. The Bertz CT molecular complexity index is 574. The number of rotatable bonds is 4. The summed E-state index contributed by atoms with van der Waals surface area (Å²) in [6, 6.07) is 14.2. The summed E-state index contributed by atoms with van der Waals surface area (Å²) in [7, 11) is 1.68. The molecule has 0 radical (unpaired) electrons. The van der Waals surface area contributed by atoms with Crippen molar-refractivity contribution in [1.82, 2.24) is 0 Å². The smallest absolute Gasteiger partial charge is 0.119 e. The van der Waals surface area contributed by atoms with Crippen molar-refractivity contribution >= 4 is 38.5 Å². The predicted octanol–water partition coefficient (Wildman–Crippen LogP) is 4.30. The van der Waals surface area contributed by atoms with Gasteiger partial charge in [0.1, 0.15) is 5.75 Å². The lowest BCUT2D eigenvalue weighted by Gasteiger charge is -2.15. The maximum absolute atomic E-state index is 6.31. The van der Waals surface area contributed by atoms with Crippen LogP contribution < -0.4 is 10.5 Å². The number of benzene rings is 2. The van der Waals surface area contributed by atoms with Gasteiger partial charge in [0.05, 0.1) is 7.11 Å². The Morgan fingerprint density at radius 2 is 2.05 bits per heavy atom. The zero-order valence-electron chi connectivity index (χ0n) is 10.6. The summed E-state index contributed by atoms with van der Waals surface area (Å²) in [4.78, 5) is 0. The van der Waals surface area contributed by atoms with Crippen LogP contribution in [-0.4, -0.2) is 7.11 Å². The summed E-state index contributed by atoms with van der Waals surface area (Å²) < 4.78 is 7.48. The highest BCUT2D eigenvalue weighted by molar-refractivity contribution is 14.1. The van der Waals surface area contributed by atoms with E-state index in [4.69, 9.17) is 10.5 Å². The molecule has 0 aliphatic rings. The molecule has 0 amide bonds. The molecule has 0 saturated heterocycles. The minimum absolute atomic E-state index is 0.0313. The van der Waals surface area contributed by atoms with E-state index < -0.39 is 0 Å². The van der Waals surface area contributed by atoms with Crippen LogP contribution in [0.15, 0.2) is 46.9 Å². The fourth-order valence-corrected chi connectivity index (χ4v) is 3.02. The van der Waals surface area contributed by atoms with Gasteiger partial charge in [-0.25, -0.2) is 0 Å². The Morgan fingerprint density at radius 1 is 1.26 bits per heavy atom. The van der Waals surface area contributed by atoms with Crippen molar-refractivity contribution in [3.05, 3.63) is 61.6 Å². The SMILES string of the molecule is COc1cccc(CC(N)c2cc(I)ccc2Br)c1. The summed E-state index contributed by atoms with van der Waals surface area (Å²) >= 11 is 5.87. The van der Waals surface area contributed by atoms with Gasteiger partial charge in [0, 0.05) is 14.1 Å². The maximum Gasteiger partial charge on any atom is 0.119 e. The zero-order valence-corrected chi connectivity index (χ0v) is 14.3. The van der Waals surface area contributed by atoms with E-state index >= 15 is 0 Å². The molecule has 1 unspecified atom stereocenters. The second kappa shape index (κ2) is 6.72. The van der Waals surface area contributed by atoms with Gasteiger partial charge in [0.15, 0.2) is 0 Å². The molecule has 4 heteroatoms. The van der Waals surface area contributed by atoms with Gasteiger partial charge in [-0.1, -0.05) is 28.1 Å². The molecule has 2 aromatic rings. The Hall–Kier alpha value is -0.590. The second-order valence-electron chi connectivity index (χ2n) is 4.33. The molecule has 0 spiro atoms. The van der Waals surface area contributed by atoms with Crippen molar-refractivity contribution in [3.63, 3.8) is 0 Å².